The summed E-state index contributed by atoms with van der Waals surface area (Å²) in [6.45, 7) is 2.03. The summed E-state index contributed by atoms with van der Waals surface area (Å²) in [5.41, 5.74) is 2.19. The predicted molar refractivity (Wildman–Crippen MR) is 41.3 cm³/mol. The van der Waals surface area contributed by atoms with Crippen molar-refractivity contribution in [2.75, 3.05) is 0 Å². The molecule has 0 aromatic heterocycles. The Balaban J connectivity index is 2.43. The van der Waals surface area contributed by atoms with Gasteiger partial charge in [-0.25, -0.2) is 5.48 Å². The van der Waals surface area contributed by atoms with Crippen molar-refractivity contribution in [1.29, 1.82) is 0 Å². The second-order valence-corrected chi connectivity index (χ2v) is 3.29. The van der Waals surface area contributed by atoms with Crippen molar-refractivity contribution >= 4 is 0 Å². The van der Waals surface area contributed by atoms with Crippen LogP contribution in [0.2, 0.25) is 0 Å². The number of nitroso groups, excluding NO2 is 1. The van der Waals surface area contributed by atoms with Gasteiger partial charge in [0.05, 0.1) is 6.04 Å². The van der Waals surface area contributed by atoms with Gasteiger partial charge in [-0.3, -0.25) is 0 Å². The van der Waals surface area contributed by atoms with Crippen LogP contribution in [0.15, 0.2) is 5.18 Å². The third-order valence-corrected chi connectivity index (χ3v) is 2.47. The maximum absolute atomic E-state index is 10.3. The molecule has 64 valence electrons. The molecule has 0 heterocycles. The molecule has 4 heteroatoms. The molecule has 1 rings (SSSR count). The maximum Gasteiger partial charge on any atom is 0.0960 e. The van der Waals surface area contributed by atoms with Gasteiger partial charge in [-0.1, -0.05) is 12.1 Å². The van der Waals surface area contributed by atoms with Crippen LogP contribution in [0.5, 0.6) is 0 Å². The van der Waals surface area contributed by atoms with E-state index in [-0.39, 0.29) is 12.1 Å². The molecule has 1 aliphatic carbocycles. The van der Waals surface area contributed by atoms with Gasteiger partial charge in [0.1, 0.15) is 0 Å². The topological polar surface area (TPSA) is 61.7 Å². The fourth-order valence-electron chi connectivity index (χ4n) is 1.56. The molecule has 0 bridgehead atoms. The monoisotopic (exact) mass is 158 g/mol. The third-order valence-electron chi connectivity index (χ3n) is 2.47. The smallest absolute Gasteiger partial charge is 0.0960 e. The fraction of sp³-hybridized carbons (Fsp3) is 1.00. The van der Waals surface area contributed by atoms with E-state index in [2.05, 4.69) is 10.7 Å². The molecule has 0 aromatic rings. The maximum atomic E-state index is 10.3. The molecule has 0 saturated heterocycles. The van der Waals surface area contributed by atoms with Crippen LogP contribution in [0, 0.1) is 10.8 Å². The summed E-state index contributed by atoms with van der Waals surface area (Å²) in [4.78, 5) is 10.3. The highest BCUT2D eigenvalue weighted by atomic mass is 16.5. The van der Waals surface area contributed by atoms with Gasteiger partial charge in [-0.05, 0) is 25.2 Å². The van der Waals surface area contributed by atoms with Gasteiger partial charge in [0, 0.05) is 6.04 Å². The lowest BCUT2D eigenvalue weighted by atomic mass is 9.84. The average molecular weight is 158 g/mol. The summed E-state index contributed by atoms with van der Waals surface area (Å²) >= 11 is 0. The van der Waals surface area contributed by atoms with Crippen molar-refractivity contribution < 1.29 is 5.21 Å². The van der Waals surface area contributed by atoms with Crippen LogP contribution in [0.4, 0.5) is 0 Å². The zero-order valence-electron chi connectivity index (χ0n) is 6.66. The van der Waals surface area contributed by atoms with Crippen molar-refractivity contribution in [1.82, 2.24) is 5.48 Å². The van der Waals surface area contributed by atoms with Crippen molar-refractivity contribution in [2.45, 2.75) is 38.3 Å². The Morgan fingerprint density at radius 1 is 1.55 bits per heavy atom. The summed E-state index contributed by atoms with van der Waals surface area (Å²) in [5.74, 6) is 0.372. The van der Waals surface area contributed by atoms with Gasteiger partial charge in [0.2, 0.25) is 0 Å². The van der Waals surface area contributed by atoms with Gasteiger partial charge >= 0.3 is 0 Å². The molecular weight excluding hydrogens is 144 g/mol. The summed E-state index contributed by atoms with van der Waals surface area (Å²) in [6.07, 6.45) is 2.57. The molecule has 1 fully saturated rings. The minimum Gasteiger partial charge on any atom is -0.317 e. The molecule has 0 radical (unpaired) electrons. The van der Waals surface area contributed by atoms with Crippen molar-refractivity contribution in [3.05, 3.63) is 4.91 Å². The van der Waals surface area contributed by atoms with Crippen LogP contribution in [0.1, 0.15) is 26.2 Å². The Morgan fingerprint density at radius 2 is 2.27 bits per heavy atom. The van der Waals surface area contributed by atoms with E-state index in [1.807, 2.05) is 6.92 Å². The fourth-order valence-corrected chi connectivity index (χ4v) is 1.56. The number of nitrogens with zero attached hydrogens (tertiary/aromatic N) is 1. The van der Waals surface area contributed by atoms with Crippen molar-refractivity contribution in [2.24, 2.45) is 11.1 Å². The molecule has 0 aliphatic heterocycles. The zero-order chi connectivity index (χ0) is 8.27. The molecule has 2 N–H and O–H groups in total. The molecule has 0 aromatic carbocycles. The standard InChI is InChI=1S/C7H14N2O2/c1-5-2-3-6(8-10)4-7(5)9-11/h5-8,10H,2-4H2,1H3. The van der Waals surface area contributed by atoms with E-state index < -0.39 is 0 Å². The second-order valence-electron chi connectivity index (χ2n) is 3.29. The van der Waals surface area contributed by atoms with Crippen LogP contribution in [-0.2, 0) is 0 Å². The Hall–Kier alpha value is -0.480. The minimum absolute atomic E-state index is 0.0638. The van der Waals surface area contributed by atoms with Crippen LogP contribution in [-0.4, -0.2) is 17.3 Å². The Morgan fingerprint density at radius 3 is 2.82 bits per heavy atom. The van der Waals surface area contributed by atoms with Gasteiger partial charge in [0.15, 0.2) is 0 Å². The summed E-state index contributed by atoms with van der Waals surface area (Å²) < 4.78 is 0. The zero-order valence-corrected chi connectivity index (χ0v) is 6.66. The third kappa shape index (κ3) is 1.97. The van der Waals surface area contributed by atoms with E-state index in [1.54, 1.807) is 0 Å². The molecule has 0 amide bonds. The van der Waals surface area contributed by atoms with Crippen LogP contribution >= 0.6 is 0 Å². The van der Waals surface area contributed by atoms with Crippen molar-refractivity contribution in [3.8, 4) is 0 Å². The van der Waals surface area contributed by atoms with E-state index >= 15 is 0 Å². The molecule has 3 unspecified atom stereocenters. The molecule has 3 atom stereocenters. The summed E-state index contributed by atoms with van der Waals surface area (Å²) in [5, 5.41) is 11.6. The quantitative estimate of drug-likeness (QED) is 0.470. The van der Waals surface area contributed by atoms with Crippen LogP contribution in [0.25, 0.3) is 0 Å². The molecule has 1 saturated carbocycles. The molecule has 1 aliphatic rings. The Bertz CT molecular complexity index is 140. The highest BCUT2D eigenvalue weighted by Crippen LogP contribution is 2.26. The van der Waals surface area contributed by atoms with Gasteiger partial charge < -0.3 is 5.21 Å². The Labute approximate surface area is 65.9 Å². The lowest BCUT2D eigenvalue weighted by molar-refractivity contribution is 0.0925. The first-order valence-electron chi connectivity index (χ1n) is 4.00. The highest BCUT2D eigenvalue weighted by molar-refractivity contribution is 4.84. The van der Waals surface area contributed by atoms with E-state index in [0.717, 1.165) is 12.8 Å². The first-order valence-corrected chi connectivity index (χ1v) is 4.00. The van der Waals surface area contributed by atoms with Gasteiger partial charge in [0.25, 0.3) is 0 Å². The summed E-state index contributed by atoms with van der Waals surface area (Å²) in [6, 6.07) is -0.0534. The second kappa shape index (κ2) is 3.78. The first-order chi connectivity index (χ1) is 5.27. The number of hydrogen-bond donors (Lipinski definition) is 2. The van der Waals surface area contributed by atoms with Crippen LogP contribution in [0.3, 0.4) is 0 Å². The normalized spacial score (nSPS) is 38.5. The average Bonchev–Trinajstić information content (AvgIpc) is 2.05. The Kier molecular flexibility index (Phi) is 2.96. The largest absolute Gasteiger partial charge is 0.317 e. The molecule has 0 spiro atoms. The molecular formula is C7H14N2O2. The van der Waals surface area contributed by atoms with Gasteiger partial charge in [-0.2, -0.15) is 4.91 Å². The lowest BCUT2D eigenvalue weighted by Crippen LogP contribution is -2.36. The summed E-state index contributed by atoms with van der Waals surface area (Å²) in [7, 11) is 0. The van der Waals surface area contributed by atoms with E-state index in [4.69, 9.17) is 5.21 Å². The van der Waals surface area contributed by atoms with E-state index in [1.165, 1.54) is 0 Å². The number of hydroxylamine groups is 1. The SMILES string of the molecule is CC1CCC(NO)CC1N=O. The number of nitrogens with one attached hydrogen (secondary N) is 1. The van der Waals surface area contributed by atoms with Crippen LogP contribution < -0.4 is 5.48 Å². The number of rotatable bonds is 2. The predicted octanol–water partition coefficient (Wildman–Crippen LogP) is 1.29. The van der Waals surface area contributed by atoms with E-state index in [9.17, 15) is 4.91 Å². The molecule has 11 heavy (non-hydrogen) atoms. The minimum atomic E-state index is -0.117. The molecule has 4 nitrogen and oxygen atoms in total. The first kappa shape index (κ1) is 8.62. The van der Waals surface area contributed by atoms with Gasteiger partial charge in [-0.15, -0.1) is 0 Å². The lowest BCUT2D eigenvalue weighted by Gasteiger charge is -2.28. The number of hydrogen-bond acceptors (Lipinski definition) is 4. The van der Waals surface area contributed by atoms with Crippen molar-refractivity contribution in [3.63, 3.8) is 0 Å². The van der Waals surface area contributed by atoms with E-state index in [0.29, 0.717) is 12.3 Å². The highest BCUT2D eigenvalue weighted by Gasteiger charge is 2.27.